The summed E-state index contributed by atoms with van der Waals surface area (Å²) >= 11 is 0. The molecule has 0 spiro atoms. The van der Waals surface area contributed by atoms with E-state index >= 15 is 0 Å². The van der Waals surface area contributed by atoms with E-state index in [0.717, 1.165) is 0 Å². The van der Waals surface area contributed by atoms with Crippen LogP contribution in [0.25, 0.3) is 76.5 Å². The van der Waals surface area contributed by atoms with Crippen LogP contribution >= 0.6 is 0 Å². The number of benzene rings is 7. The Morgan fingerprint density at radius 3 is 1.66 bits per heavy atom. The van der Waals surface area contributed by atoms with Gasteiger partial charge in [-0.05, 0) is 50.7 Å². The number of fused-ring (bicyclic) bond motifs is 15. The molecular formula is C38H21BN2. The van der Waals surface area contributed by atoms with E-state index in [1.54, 1.807) is 0 Å². The third-order valence-electron chi connectivity index (χ3n) is 9.87. The Bertz CT molecular complexity index is 2650. The molecule has 0 fully saturated rings. The average Bonchev–Trinajstić information content (AvgIpc) is 3.57. The molecule has 0 aliphatic carbocycles. The lowest BCUT2D eigenvalue weighted by molar-refractivity contribution is 1.15. The van der Waals surface area contributed by atoms with Crippen molar-refractivity contribution >= 4 is 88.3 Å². The van der Waals surface area contributed by atoms with E-state index < -0.39 is 0 Å². The molecule has 0 unspecified atom stereocenters. The smallest absolute Gasteiger partial charge is 0.252 e. The fraction of sp³-hybridized carbons (Fsp3) is 0. The van der Waals surface area contributed by atoms with Crippen LogP contribution in [0.5, 0.6) is 0 Å². The molecule has 0 saturated heterocycles. The summed E-state index contributed by atoms with van der Waals surface area (Å²) in [6.45, 7) is 0.180. The van der Waals surface area contributed by atoms with E-state index in [9.17, 15) is 0 Å². The Morgan fingerprint density at radius 2 is 0.878 bits per heavy atom. The third kappa shape index (κ3) is 2.21. The van der Waals surface area contributed by atoms with Crippen LogP contribution in [-0.4, -0.2) is 15.8 Å². The van der Waals surface area contributed by atoms with Crippen LogP contribution in [0.15, 0.2) is 127 Å². The Morgan fingerprint density at radius 1 is 0.366 bits per heavy atom. The fourth-order valence-corrected chi connectivity index (χ4v) is 8.46. The quantitative estimate of drug-likeness (QED) is 0.148. The topological polar surface area (TPSA) is 9.86 Å². The van der Waals surface area contributed by atoms with Crippen molar-refractivity contribution in [2.75, 3.05) is 0 Å². The maximum atomic E-state index is 2.60. The highest BCUT2D eigenvalue weighted by atomic mass is 15.0. The Balaban J connectivity index is 1.44. The van der Waals surface area contributed by atoms with E-state index in [-0.39, 0.29) is 6.71 Å². The minimum absolute atomic E-state index is 0.180. The fourth-order valence-electron chi connectivity index (χ4n) is 8.46. The van der Waals surface area contributed by atoms with Crippen molar-refractivity contribution in [2.45, 2.75) is 0 Å². The van der Waals surface area contributed by atoms with E-state index in [4.69, 9.17) is 0 Å². The molecule has 186 valence electrons. The van der Waals surface area contributed by atoms with Gasteiger partial charge in [0.2, 0.25) is 0 Å². The van der Waals surface area contributed by atoms with E-state index in [2.05, 4.69) is 137 Å². The summed E-state index contributed by atoms with van der Waals surface area (Å²) in [5, 5.41) is 10.6. The maximum Gasteiger partial charge on any atom is 0.252 e. The van der Waals surface area contributed by atoms with E-state index in [1.807, 2.05) is 0 Å². The maximum absolute atomic E-state index is 2.60. The second-order valence-corrected chi connectivity index (χ2v) is 11.6. The van der Waals surface area contributed by atoms with Gasteiger partial charge in [-0.1, -0.05) is 109 Å². The van der Waals surface area contributed by atoms with Gasteiger partial charge < -0.3 is 9.13 Å². The van der Waals surface area contributed by atoms with Gasteiger partial charge in [0.1, 0.15) is 0 Å². The molecule has 2 aromatic heterocycles. The number of hydrogen-bond acceptors (Lipinski definition) is 0. The van der Waals surface area contributed by atoms with Gasteiger partial charge in [0.15, 0.2) is 0 Å². The molecule has 0 atom stereocenters. The summed E-state index contributed by atoms with van der Waals surface area (Å²) in [4.78, 5) is 0. The van der Waals surface area contributed by atoms with Crippen molar-refractivity contribution < 1.29 is 0 Å². The largest absolute Gasteiger partial charge is 0.310 e. The zero-order chi connectivity index (χ0) is 26.4. The second-order valence-electron chi connectivity index (χ2n) is 11.6. The van der Waals surface area contributed by atoms with Gasteiger partial charge in [-0.25, -0.2) is 0 Å². The summed E-state index contributed by atoms with van der Waals surface area (Å²) in [5.74, 6) is 0. The van der Waals surface area contributed by atoms with E-state index in [0.29, 0.717) is 0 Å². The highest BCUT2D eigenvalue weighted by Crippen LogP contribution is 2.44. The highest BCUT2D eigenvalue weighted by molar-refractivity contribution is 7.00. The Labute approximate surface area is 235 Å². The SMILES string of the molecule is c1cc2c3c(c1)-n1c4c(cccc4c4c5ccccc5c5ccccc5c41)B3c1cccc3c4ccccc4n-2c13. The van der Waals surface area contributed by atoms with Gasteiger partial charge in [0.25, 0.3) is 6.71 Å². The lowest BCUT2D eigenvalue weighted by atomic mass is 9.34. The van der Waals surface area contributed by atoms with Gasteiger partial charge in [0, 0.05) is 49.3 Å². The zero-order valence-electron chi connectivity index (χ0n) is 22.1. The molecule has 41 heavy (non-hydrogen) atoms. The van der Waals surface area contributed by atoms with Gasteiger partial charge in [-0.2, -0.15) is 0 Å². The first-order chi connectivity index (χ1) is 20.4. The summed E-state index contributed by atoms with van der Waals surface area (Å²) in [6.07, 6.45) is 0. The van der Waals surface area contributed by atoms with Gasteiger partial charge in [-0.15, -0.1) is 0 Å². The Hall–Kier alpha value is -5.28. The standard InChI is InChI=1S/C38H21BN2/c1-3-13-25-22(10-1)23-11-2-4-14-26(23)38-34(25)28-16-8-18-30-37(28)41(38)33-21-9-20-32-35(33)39(30)29-17-7-15-27-24-12-5-6-19-31(24)40(32)36(27)29/h1-21H. The van der Waals surface area contributed by atoms with Crippen molar-refractivity contribution in [1.29, 1.82) is 0 Å². The summed E-state index contributed by atoms with van der Waals surface area (Å²) in [5.41, 5.74) is 12.1. The second kappa shape index (κ2) is 6.89. The minimum Gasteiger partial charge on any atom is -0.310 e. The number of para-hydroxylation sites is 3. The lowest BCUT2D eigenvalue weighted by Crippen LogP contribution is -2.59. The summed E-state index contributed by atoms with van der Waals surface area (Å²) in [6, 6.07) is 47.6. The number of aromatic nitrogens is 2. The zero-order valence-corrected chi connectivity index (χ0v) is 22.1. The van der Waals surface area contributed by atoms with Crippen LogP contribution in [0.4, 0.5) is 0 Å². The summed E-state index contributed by atoms with van der Waals surface area (Å²) < 4.78 is 5.13. The first-order valence-electron chi connectivity index (χ1n) is 14.4. The van der Waals surface area contributed by atoms with E-state index in [1.165, 1.54) is 92.9 Å². The van der Waals surface area contributed by atoms with Crippen LogP contribution in [-0.2, 0) is 0 Å². The first-order valence-corrected chi connectivity index (χ1v) is 14.4. The molecule has 0 N–H and O–H groups in total. The van der Waals surface area contributed by atoms with Gasteiger partial charge in [0.05, 0.1) is 11.0 Å². The van der Waals surface area contributed by atoms with Crippen molar-refractivity contribution in [3.63, 3.8) is 0 Å². The number of nitrogens with zero attached hydrogens (tertiary/aromatic N) is 2. The molecule has 4 heterocycles. The molecule has 2 aliphatic rings. The monoisotopic (exact) mass is 516 g/mol. The van der Waals surface area contributed by atoms with Crippen molar-refractivity contribution in [3.8, 4) is 11.4 Å². The third-order valence-corrected chi connectivity index (χ3v) is 9.87. The van der Waals surface area contributed by atoms with Gasteiger partial charge >= 0.3 is 0 Å². The van der Waals surface area contributed by atoms with Crippen LogP contribution in [0.2, 0.25) is 0 Å². The highest BCUT2D eigenvalue weighted by Gasteiger charge is 2.40. The molecule has 11 rings (SSSR count). The van der Waals surface area contributed by atoms with Crippen LogP contribution in [0.1, 0.15) is 0 Å². The molecule has 2 aliphatic heterocycles. The Kier molecular flexibility index (Phi) is 3.46. The molecule has 0 saturated carbocycles. The minimum atomic E-state index is 0.180. The molecule has 0 amide bonds. The van der Waals surface area contributed by atoms with Crippen molar-refractivity contribution in [1.82, 2.24) is 9.13 Å². The van der Waals surface area contributed by atoms with Gasteiger partial charge in [-0.3, -0.25) is 0 Å². The molecule has 3 heteroatoms. The molecule has 0 bridgehead atoms. The molecule has 7 aromatic carbocycles. The average molecular weight is 516 g/mol. The molecule has 2 nitrogen and oxygen atoms in total. The van der Waals surface area contributed by atoms with Crippen molar-refractivity contribution in [2.24, 2.45) is 0 Å². The molecule has 9 aromatic rings. The van der Waals surface area contributed by atoms with Crippen molar-refractivity contribution in [3.05, 3.63) is 127 Å². The normalized spacial score (nSPS) is 13.3. The summed E-state index contributed by atoms with van der Waals surface area (Å²) in [7, 11) is 0. The van der Waals surface area contributed by atoms with Crippen LogP contribution in [0, 0.1) is 0 Å². The first kappa shape index (κ1) is 20.6. The molecule has 0 radical (unpaired) electrons. The predicted molar refractivity (Wildman–Crippen MR) is 175 cm³/mol. The lowest BCUT2D eigenvalue weighted by Gasteiger charge is -2.33. The van der Waals surface area contributed by atoms with Crippen LogP contribution < -0.4 is 16.4 Å². The van der Waals surface area contributed by atoms with Crippen LogP contribution in [0.3, 0.4) is 0 Å². The molecular weight excluding hydrogens is 495 g/mol. The number of rotatable bonds is 0. The predicted octanol–water partition coefficient (Wildman–Crippen LogP) is 7.33. The number of hydrogen-bond donors (Lipinski definition) is 0.